The van der Waals surface area contributed by atoms with Gasteiger partial charge < -0.3 is 20.1 Å². The fraction of sp³-hybridized carbons (Fsp3) is 0.450. The van der Waals surface area contributed by atoms with Crippen LogP contribution in [0, 0.1) is 0 Å². The molecule has 0 saturated heterocycles. The first-order chi connectivity index (χ1) is 13.4. The molecule has 8 heteroatoms. The largest absolute Gasteiger partial charge is 0.466 e. The van der Waals surface area contributed by atoms with E-state index in [0.717, 1.165) is 17.4 Å². The zero-order chi connectivity index (χ0) is 20.9. The van der Waals surface area contributed by atoms with Gasteiger partial charge in [-0.2, -0.15) is 0 Å². The Kier molecular flexibility index (Phi) is 11.5. The van der Waals surface area contributed by atoms with Gasteiger partial charge in [0.05, 0.1) is 18.9 Å². The van der Waals surface area contributed by atoms with Crippen LogP contribution in [0.5, 0.6) is 0 Å². The number of ether oxygens (including phenoxy) is 1. The van der Waals surface area contributed by atoms with E-state index in [0.29, 0.717) is 11.4 Å². The molecule has 0 amide bonds. The Bertz CT molecular complexity index is 717. The highest BCUT2D eigenvalue weighted by Gasteiger charge is 2.07. The fourth-order valence-electron chi connectivity index (χ4n) is 2.31. The number of esters is 1. The van der Waals surface area contributed by atoms with E-state index in [1.807, 2.05) is 36.0 Å². The summed E-state index contributed by atoms with van der Waals surface area (Å²) in [4.78, 5) is 12.3. The predicted octanol–water partition coefficient (Wildman–Crippen LogP) is 5.08. The maximum atomic E-state index is 12.1. The molecule has 1 atom stereocenters. The van der Waals surface area contributed by atoms with Gasteiger partial charge in [-0.3, -0.25) is 4.57 Å². The summed E-state index contributed by atoms with van der Waals surface area (Å²) in [6.45, 7) is 5.48. The number of unbranched alkanes of at least 4 members (excludes halogenated alkanes) is 3. The number of methoxy groups -OCH3 is 1. The van der Waals surface area contributed by atoms with Gasteiger partial charge in [-0.05, 0) is 43.7 Å². The molecule has 1 aromatic carbocycles. The summed E-state index contributed by atoms with van der Waals surface area (Å²) in [5, 5.41) is 2.75. The first kappa shape index (κ1) is 24.2. The number of nitrogens with two attached hydrogens (primary N) is 1. The van der Waals surface area contributed by atoms with Crippen molar-refractivity contribution in [1.29, 1.82) is 0 Å². The Balaban J connectivity index is 2.61. The van der Waals surface area contributed by atoms with Gasteiger partial charge in [0.2, 0.25) is 0 Å². The van der Waals surface area contributed by atoms with Gasteiger partial charge in [-0.15, -0.1) is 11.8 Å². The molecule has 1 rings (SSSR count). The van der Waals surface area contributed by atoms with Crippen LogP contribution in [-0.4, -0.2) is 18.8 Å². The predicted molar refractivity (Wildman–Crippen MR) is 117 cm³/mol. The van der Waals surface area contributed by atoms with E-state index in [2.05, 4.69) is 16.7 Å². The number of hydrogen-bond acceptors (Lipinski definition) is 6. The van der Waals surface area contributed by atoms with Crippen LogP contribution in [0.1, 0.15) is 52.0 Å². The summed E-state index contributed by atoms with van der Waals surface area (Å²) in [6.07, 6.45) is 6.17. The first-order valence-electron chi connectivity index (χ1n) is 9.32. The minimum atomic E-state index is -2.64. The molecule has 0 bridgehead atoms. The number of allylic oxidation sites excluding steroid dienone is 2. The maximum Gasteiger partial charge on any atom is 0.333 e. The molecule has 0 aromatic heterocycles. The van der Waals surface area contributed by atoms with Crippen LogP contribution in [0.15, 0.2) is 46.7 Å². The molecule has 0 spiro atoms. The first-order valence-corrected chi connectivity index (χ1v) is 11.6. The number of hydrogen-bond donors (Lipinski definition) is 2. The molecule has 1 unspecified atom stereocenters. The Labute approximate surface area is 172 Å². The molecule has 0 aliphatic rings. The number of thioether (sulfide) groups is 1. The van der Waals surface area contributed by atoms with Crippen LogP contribution in [0.2, 0.25) is 0 Å². The van der Waals surface area contributed by atoms with Crippen LogP contribution < -0.4 is 10.8 Å². The Morgan fingerprint density at radius 3 is 2.50 bits per heavy atom. The second kappa shape index (κ2) is 13.3. The molecule has 0 radical (unpaired) electrons. The maximum absolute atomic E-state index is 12.1. The molecule has 0 heterocycles. The lowest BCUT2D eigenvalue weighted by Gasteiger charge is -2.12. The standard InChI is InChI=1S/C20H31N2O4PS/c1-5-6-7-8-13-28-18-11-9-17(10-12-18)20(21)16(3)22-27(24)26-15(2)14-19(23)25-4/h9-12,14,27H,5-8,13,21H2,1-4H3,(H,22,24)/b15-14+,20-16+. The van der Waals surface area contributed by atoms with E-state index in [1.165, 1.54) is 44.6 Å². The van der Waals surface area contributed by atoms with E-state index >= 15 is 0 Å². The number of carbonyl (C=O) groups is 1. The van der Waals surface area contributed by atoms with Gasteiger partial charge in [0.15, 0.2) is 0 Å². The lowest BCUT2D eigenvalue weighted by molar-refractivity contribution is -0.135. The summed E-state index contributed by atoms with van der Waals surface area (Å²) in [7, 11) is -1.38. The molecule has 6 nitrogen and oxygen atoms in total. The third-order valence-electron chi connectivity index (χ3n) is 3.90. The fourth-order valence-corrected chi connectivity index (χ4v) is 4.07. The van der Waals surface area contributed by atoms with Gasteiger partial charge in [-0.1, -0.05) is 38.3 Å². The number of carbonyl (C=O) groups excluding carboxylic acids is 1. The summed E-state index contributed by atoms with van der Waals surface area (Å²) >= 11 is 1.84. The van der Waals surface area contributed by atoms with Crippen molar-refractivity contribution in [1.82, 2.24) is 5.09 Å². The van der Waals surface area contributed by atoms with Crippen molar-refractivity contribution in [2.75, 3.05) is 12.9 Å². The zero-order valence-corrected chi connectivity index (χ0v) is 18.9. The molecule has 0 saturated carbocycles. The lowest BCUT2D eigenvalue weighted by atomic mass is 10.1. The topological polar surface area (TPSA) is 90.6 Å². The third kappa shape index (κ3) is 9.38. The third-order valence-corrected chi connectivity index (χ3v) is 6.09. The zero-order valence-electron chi connectivity index (χ0n) is 17.0. The molecule has 0 aliphatic carbocycles. The number of rotatable bonds is 12. The van der Waals surface area contributed by atoms with Crippen LogP contribution in [-0.2, 0) is 18.6 Å². The molecule has 0 aliphatic heterocycles. The van der Waals surface area contributed by atoms with Crippen LogP contribution in [0.3, 0.4) is 0 Å². The molecule has 3 N–H and O–H groups in total. The quantitative estimate of drug-likeness (QED) is 0.120. The minimum Gasteiger partial charge on any atom is -0.466 e. The second-order valence-corrected chi connectivity index (χ2v) is 8.46. The van der Waals surface area contributed by atoms with Gasteiger partial charge in [0.25, 0.3) is 0 Å². The summed E-state index contributed by atoms with van der Waals surface area (Å²) < 4.78 is 21.7. The van der Waals surface area contributed by atoms with Crippen molar-refractivity contribution in [3.05, 3.63) is 47.4 Å². The van der Waals surface area contributed by atoms with Gasteiger partial charge in [0, 0.05) is 10.6 Å². The molecular formula is C20H31N2O4PS. The SMILES string of the molecule is CCCCCCSc1ccc(/C(N)=C(/C)N[PH](=O)O/C(C)=C/C(=O)OC)cc1. The smallest absolute Gasteiger partial charge is 0.333 e. The Morgan fingerprint density at radius 2 is 1.89 bits per heavy atom. The van der Waals surface area contributed by atoms with Crippen molar-refractivity contribution in [2.45, 2.75) is 51.3 Å². The Morgan fingerprint density at radius 1 is 1.21 bits per heavy atom. The van der Waals surface area contributed by atoms with Crippen LogP contribution in [0.25, 0.3) is 5.70 Å². The Hall–Kier alpha value is -1.85. The van der Waals surface area contributed by atoms with Crippen LogP contribution in [0.4, 0.5) is 0 Å². The minimum absolute atomic E-state index is 0.204. The van der Waals surface area contributed by atoms with Gasteiger partial charge >= 0.3 is 14.1 Å². The molecule has 0 fully saturated rings. The van der Waals surface area contributed by atoms with Crippen molar-refractivity contribution in [3.63, 3.8) is 0 Å². The van der Waals surface area contributed by atoms with E-state index in [4.69, 9.17) is 10.3 Å². The summed E-state index contributed by atoms with van der Waals surface area (Å²) in [5.74, 6) is 0.751. The average Bonchev–Trinajstić information content (AvgIpc) is 2.67. The molecular weight excluding hydrogens is 395 g/mol. The van der Waals surface area contributed by atoms with E-state index in [9.17, 15) is 9.36 Å². The summed E-state index contributed by atoms with van der Waals surface area (Å²) in [6, 6.07) is 8.00. The van der Waals surface area contributed by atoms with E-state index in [-0.39, 0.29) is 5.76 Å². The van der Waals surface area contributed by atoms with Crippen molar-refractivity contribution >= 4 is 31.6 Å². The molecule has 156 valence electrons. The normalized spacial score (nSPS) is 13.5. The van der Waals surface area contributed by atoms with Crippen molar-refractivity contribution < 1.29 is 18.6 Å². The highest BCUT2D eigenvalue weighted by Crippen LogP contribution is 2.26. The highest BCUT2D eigenvalue weighted by atomic mass is 32.2. The van der Waals surface area contributed by atoms with E-state index < -0.39 is 14.1 Å². The van der Waals surface area contributed by atoms with Crippen molar-refractivity contribution in [3.8, 4) is 0 Å². The molecule has 1 aromatic rings. The average molecular weight is 427 g/mol. The van der Waals surface area contributed by atoms with E-state index in [1.54, 1.807) is 6.92 Å². The monoisotopic (exact) mass is 426 g/mol. The molecule has 28 heavy (non-hydrogen) atoms. The number of benzene rings is 1. The van der Waals surface area contributed by atoms with Gasteiger partial charge in [0.1, 0.15) is 5.76 Å². The lowest BCUT2D eigenvalue weighted by Crippen LogP contribution is -2.10. The highest BCUT2D eigenvalue weighted by molar-refractivity contribution is 7.99. The van der Waals surface area contributed by atoms with Crippen LogP contribution >= 0.6 is 19.9 Å². The van der Waals surface area contributed by atoms with Gasteiger partial charge in [-0.25, -0.2) is 4.79 Å². The van der Waals surface area contributed by atoms with Crippen molar-refractivity contribution in [2.24, 2.45) is 5.73 Å². The number of nitrogens with one attached hydrogen (secondary N) is 1. The second-order valence-electron chi connectivity index (χ2n) is 6.26. The summed E-state index contributed by atoms with van der Waals surface area (Å²) in [5.41, 5.74) is 8.06.